The molecule has 4 fully saturated rings. The summed E-state index contributed by atoms with van der Waals surface area (Å²) < 4.78 is 0. The first-order valence-corrected chi connectivity index (χ1v) is 21.2. The molecule has 1 heteroatoms. The van der Waals surface area contributed by atoms with Crippen LogP contribution < -0.4 is 4.90 Å². The van der Waals surface area contributed by atoms with E-state index in [4.69, 9.17) is 0 Å². The molecule has 12 rings (SSSR count). The van der Waals surface area contributed by atoms with E-state index in [1.807, 2.05) is 0 Å². The van der Waals surface area contributed by atoms with Crippen LogP contribution in [0.15, 0.2) is 140 Å². The summed E-state index contributed by atoms with van der Waals surface area (Å²) in [5, 5.41) is 0. The average molecular weight is 714 g/mol. The zero-order chi connectivity index (χ0) is 36.9. The van der Waals surface area contributed by atoms with Crippen LogP contribution in [0.1, 0.15) is 88.5 Å². The van der Waals surface area contributed by atoms with Gasteiger partial charge in [-0.2, -0.15) is 0 Å². The first-order valence-electron chi connectivity index (χ1n) is 21.2. The molecule has 272 valence electrons. The van der Waals surface area contributed by atoms with Crippen LogP contribution >= 0.6 is 0 Å². The van der Waals surface area contributed by atoms with Gasteiger partial charge in [0.25, 0.3) is 0 Å². The lowest BCUT2D eigenvalue weighted by Crippen LogP contribution is -2.73. The molecule has 6 aliphatic rings. The lowest BCUT2D eigenvalue weighted by Gasteiger charge is -2.76. The number of rotatable bonds is 5. The fraction of sp³-hybridized carbons (Fsp3) is 0.333. The molecule has 2 spiro atoms. The normalized spacial score (nSPS) is 29.1. The Kier molecular flexibility index (Phi) is 6.42. The van der Waals surface area contributed by atoms with Gasteiger partial charge in [0.2, 0.25) is 0 Å². The molecule has 0 saturated heterocycles. The summed E-state index contributed by atoms with van der Waals surface area (Å²) >= 11 is 0. The zero-order valence-corrected chi connectivity index (χ0v) is 32.8. The topological polar surface area (TPSA) is 3.24 Å². The second-order valence-corrected chi connectivity index (χ2v) is 19.6. The standard InChI is InChI=1S/C54H51N/c1-51(2)27-28-52(3,4)50-44(51)18-12-20-47(50)55(46-19-11-9-15-40(46)36-13-6-5-7-14-36)39-24-21-35(22-25-39)37-23-26-42-41-16-8-10-17-43(41)54(45(42)31-37)48-30-34-29-38-32-49(54)53(38,48)33-34/h5-26,31,34,38,48-49H,27-30,32-33H2,1-4H3. The van der Waals surface area contributed by atoms with Crippen LogP contribution in [0.25, 0.3) is 33.4 Å². The summed E-state index contributed by atoms with van der Waals surface area (Å²) in [6.07, 6.45) is 8.27. The Morgan fingerprint density at radius 3 is 1.96 bits per heavy atom. The second-order valence-electron chi connectivity index (χ2n) is 19.6. The zero-order valence-electron chi connectivity index (χ0n) is 32.8. The molecule has 6 aromatic rings. The van der Waals surface area contributed by atoms with Crippen LogP contribution in [0, 0.1) is 29.1 Å². The van der Waals surface area contributed by atoms with E-state index >= 15 is 0 Å². The van der Waals surface area contributed by atoms with Gasteiger partial charge >= 0.3 is 0 Å². The molecule has 2 bridgehead atoms. The van der Waals surface area contributed by atoms with Gasteiger partial charge < -0.3 is 4.90 Å². The molecule has 0 N–H and O–H groups in total. The van der Waals surface area contributed by atoms with E-state index in [2.05, 4.69) is 172 Å². The number of nitrogens with zero attached hydrogens (tertiary/aromatic N) is 1. The van der Waals surface area contributed by atoms with Gasteiger partial charge in [-0.05, 0) is 159 Å². The smallest absolute Gasteiger partial charge is 0.0540 e. The van der Waals surface area contributed by atoms with E-state index in [0.717, 1.165) is 23.7 Å². The molecule has 6 aliphatic carbocycles. The van der Waals surface area contributed by atoms with Gasteiger partial charge in [0.1, 0.15) is 0 Å². The lowest BCUT2D eigenvalue weighted by atomic mass is 9.27. The largest absolute Gasteiger partial charge is 0.310 e. The molecule has 0 aliphatic heterocycles. The van der Waals surface area contributed by atoms with Crippen molar-refractivity contribution >= 4 is 17.1 Å². The maximum absolute atomic E-state index is 2.64. The van der Waals surface area contributed by atoms with Gasteiger partial charge in [0.15, 0.2) is 0 Å². The Hall–Kier alpha value is -4.88. The van der Waals surface area contributed by atoms with Gasteiger partial charge in [-0.25, -0.2) is 0 Å². The molecule has 0 radical (unpaired) electrons. The van der Waals surface area contributed by atoms with Gasteiger partial charge in [0.05, 0.1) is 11.4 Å². The number of para-hydroxylation sites is 1. The van der Waals surface area contributed by atoms with E-state index in [-0.39, 0.29) is 16.2 Å². The van der Waals surface area contributed by atoms with Crippen molar-refractivity contribution in [2.75, 3.05) is 4.90 Å². The predicted octanol–water partition coefficient (Wildman–Crippen LogP) is 14.2. The molecule has 6 aromatic carbocycles. The molecular weight excluding hydrogens is 663 g/mol. The van der Waals surface area contributed by atoms with Crippen molar-refractivity contribution in [3.05, 3.63) is 162 Å². The van der Waals surface area contributed by atoms with Crippen LogP contribution in [0.3, 0.4) is 0 Å². The van der Waals surface area contributed by atoms with E-state index in [1.165, 1.54) is 100 Å². The minimum atomic E-state index is 0.0542. The summed E-state index contributed by atoms with van der Waals surface area (Å²) in [5.41, 5.74) is 19.2. The first-order chi connectivity index (χ1) is 26.7. The third-order valence-corrected chi connectivity index (χ3v) is 16.4. The first kappa shape index (κ1) is 32.4. The third-order valence-electron chi connectivity index (χ3n) is 16.4. The summed E-state index contributed by atoms with van der Waals surface area (Å²) in [4.78, 5) is 2.57. The highest BCUT2D eigenvalue weighted by molar-refractivity contribution is 5.91. The summed E-state index contributed by atoms with van der Waals surface area (Å²) in [6, 6.07) is 53.6. The van der Waals surface area contributed by atoms with Crippen molar-refractivity contribution in [1.29, 1.82) is 0 Å². The van der Waals surface area contributed by atoms with Gasteiger partial charge in [0, 0.05) is 16.7 Å². The quantitative estimate of drug-likeness (QED) is 0.172. The minimum Gasteiger partial charge on any atom is -0.310 e. The number of hydrogen-bond donors (Lipinski definition) is 0. The predicted molar refractivity (Wildman–Crippen MR) is 228 cm³/mol. The van der Waals surface area contributed by atoms with Crippen LogP contribution in [-0.4, -0.2) is 0 Å². The molecule has 4 saturated carbocycles. The Bertz CT molecular complexity index is 2540. The summed E-state index contributed by atoms with van der Waals surface area (Å²) in [7, 11) is 0. The van der Waals surface area contributed by atoms with Crippen LogP contribution in [-0.2, 0) is 16.2 Å². The van der Waals surface area contributed by atoms with Crippen molar-refractivity contribution < 1.29 is 0 Å². The highest BCUT2D eigenvalue weighted by Crippen LogP contribution is 2.89. The fourth-order valence-corrected chi connectivity index (χ4v) is 14.1. The Labute approximate surface area is 327 Å². The maximum Gasteiger partial charge on any atom is 0.0540 e. The van der Waals surface area contributed by atoms with Crippen molar-refractivity contribution in [3.63, 3.8) is 0 Å². The Morgan fingerprint density at radius 1 is 0.491 bits per heavy atom. The molecule has 55 heavy (non-hydrogen) atoms. The highest BCUT2D eigenvalue weighted by atomic mass is 15.1. The molecule has 6 atom stereocenters. The van der Waals surface area contributed by atoms with Gasteiger partial charge in [-0.15, -0.1) is 0 Å². The monoisotopic (exact) mass is 713 g/mol. The summed E-state index contributed by atoms with van der Waals surface area (Å²) in [5.74, 6) is 3.62. The molecule has 0 aromatic heterocycles. The van der Waals surface area contributed by atoms with E-state index < -0.39 is 0 Å². The second kappa shape index (κ2) is 10.9. The number of fused-ring (bicyclic) bond motifs is 9. The van der Waals surface area contributed by atoms with Crippen LogP contribution in [0.4, 0.5) is 17.1 Å². The average Bonchev–Trinajstić information content (AvgIpc) is 3.84. The number of hydrogen-bond acceptors (Lipinski definition) is 1. The fourth-order valence-electron chi connectivity index (χ4n) is 14.1. The molecule has 6 unspecified atom stereocenters. The van der Waals surface area contributed by atoms with E-state index in [0.29, 0.717) is 5.41 Å². The van der Waals surface area contributed by atoms with E-state index in [1.54, 1.807) is 11.1 Å². The Balaban J connectivity index is 0.999. The SMILES string of the molecule is CC1(C)CCC(C)(C)c2c(N(c3ccc(-c4ccc5c(c4)C4(c6ccccc6-5)C5CC6CC7CC4C75C6)cc3)c3ccccc3-c3ccccc3)cccc21. The molecule has 0 heterocycles. The van der Waals surface area contributed by atoms with E-state index in [9.17, 15) is 0 Å². The van der Waals surface area contributed by atoms with Crippen molar-refractivity contribution in [2.45, 2.75) is 82.5 Å². The van der Waals surface area contributed by atoms with Crippen LogP contribution in [0.5, 0.6) is 0 Å². The number of benzene rings is 6. The van der Waals surface area contributed by atoms with Crippen molar-refractivity contribution in [3.8, 4) is 33.4 Å². The van der Waals surface area contributed by atoms with Crippen molar-refractivity contribution in [1.82, 2.24) is 0 Å². The molecule has 1 nitrogen and oxygen atoms in total. The summed E-state index contributed by atoms with van der Waals surface area (Å²) in [6.45, 7) is 9.78. The van der Waals surface area contributed by atoms with Gasteiger partial charge in [-0.1, -0.05) is 137 Å². The van der Waals surface area contributed by atoms with Crippen molar-refractivity contribution in [2.24, 2.45) is 29.1 Å². The third kappa shape index (κ3) is 4.05. The molecule has 0 amide bonds. The van der Waals surface area contributed by atoms with Gasteiger partial charge in [-0.3, -0.25) is 0 Å². The minimum absolute atomic E-state index is 0.0542. The highest BCUT2D eigenvalue weighted by Gasteiger charge is 2.84. The maximum atomic E-state index is 2.64. The molecular formula is C54H51N. The lowest BCUT2D eigenvalue weighted by molar-refractivity contribution is -0.231. The number of anilines is 3. The Morgan fingerprint density at radius 2 is 1.15 bits per heavy atom. The van der Waals surface area contributed by atoms with Crippen LogP contribution in [0.2, 0.25) is 0 Å².